The molecule has 1 unspecified atom stereocenters. The minimum atomic E-state index is -5.58. The van der Waals surface area contributed by atoms with Crippen molar-refractivity contribution in [2.75, 3.05) is 4.90 Å². The third-order valence-electron chi connectivity index (χ3n) is 5.38. The van der Waals surface area contributed by atoms with Gasteiger partial charge in [-0.1, -0.05) is 0 Å². The number of benzene rings is 1. The monoisotopic (exact) mass is 537 g/mol. The number of halogens is 6. The molecule has 17 heteroatoms. The van der Waals surface area contributed by atoms with E-state index in [1.165, 1.54) is 24.5 Å². The first-order valence-electron chi connectivity index (χ1n) is 9.92. The smallest absolute Gasteiger partial charge is 0.398 e. The number of quaternary nitrogens is 1. The zero-order valence-corrected chi connectivity index (χ0v) is 18.7. The molecule has 3 rings (SSSR count). The number of amides is 3. The Balaban J connectivity index is 2.18. The number of hydroxylamine groups is 3. The van der Waals surface area contributed by atoms with Crippen molar-refractivity contribution < 1.29 is 59.9 Å². The number of rotatable bonds is 6. The van der Waals surface area contributed by atoms with Crippen LogP contribution in [0.15, 0.2) is 42.7 Å². The third kappa shape index (κ3) is 5.02. The Morgan fingerprint density at radius 3 is 2.22 bits per heavy atom. The molecule has 1 atom stereocenters. The number of ether oxygens (including phenoxy) is 1. The molecule has 0 bridgehead atoms. The molecule has 2 heterocycles. The molecule has 0 radical (unpaired) electrons. The van der Waals surface area contributed by atoms with Crippen LogP contribution in [-0.4, -0.2) is 50.5 Å². The van der Waals surface area contributed by atoms with Crippen LogP contribution in [-0.2, 0) is 21.0 Å². The van der Waals surface area contributed by atoms with Crippen LogP contribution in [0.4, 0.5) is 42.5 Å². The van der Waals surface area contributed by atoms with E-state index in [-0.39, 0.29) is 10.5 Å². The number of alkyl halides is 6. The predicted octanol–water partition coefficient (Wildman–Crippen LogP) is 4.17. The lowest BCUT2D eigenvalue weighted by Crippen LogP contribution is -2.62. The fourth-order valence-electron chi connectivity index (χ4n) is 3.53. The Hall–Kier alpha value is -4.28. The van der Waals surface area contributed by atoms with Gasteiger partial charge in [0.05, 0.1) is 10.6 Å². The molecule has 3 amide bonds. The zero-order chi connectivity index (χ0) is 28.0. The minimum absolute atomic E-state index is 0.112. The van der Waals surface area contributed by atoms with Gasteiger partial charge in [-0.25, -0.2) is 9.59 Å². The molecule has 37 heavy (non-hydrogen) atoms. The van der Waals surface area contributed by atoms with Crippen LogP contribution < -0.4 is 9.64 Å². The second-order valence-corrected chi connectivity index (χ2v) is 8.07. The quantitative estimate of drug-likeness (QED) is 0.177. The highest BCUT2D eigenvalue weighted by Gasteiger charge is 2.72. The molecule has 2 aromatic rings. The third-order valence-corrected chi connectivity index (χ3v) is 5.38. The fourth-order valence-corrected chi connectivity index (χ4v) is 3.53. The maximum absolute atomic E-state index is 13.6. The lowest BCUT2D eigenvalue weighted by atomic mass is 10.0. The van der Waals surface area contributed by atoms with Gasteiger partial charge in [-0.3, -0.25) is 24.7 Å². The van der Waals surface area contributed by atoms with Crippen molar-refractivity contribution in [1.82, 2.24) is 4.98 Å². The Morgan fingerprint density at radius 1 is 1.11 bits per heavy atom. The number of hydrogen-bond donors (Lipinski definition) is 0. The van der Waals surface area contributed by atoms with Crippen molar-refractivity contribution in [3.63, 3.8) is 0 Å². The number of pyridine rings is 1. The van der Waals surface area contributed by atoms with Crippen molar-refractivity contribution >= 4 is 29.3 Å². The minimum Gasteiger partial charge on any atom is -0.398 e. The average molecular weight is 537 g/mol. The SMILES string of the molecule is CC1(C)C(=O)N(c2ccc(OC(F)(F)F)c([N+](=O)[O-])c2)C(=O)[N+]1(Cc1ccncc1)OC(=O)C(F)(F)F. The summed E-state index contributed by atoms with van der Waals surface area (Å²) in [5, 5.41) is 11.4. The summed E-state index contributed by atoms with van der Waals surface area (Å²) in [6, 6.07) is 2.50. The number of nitrogens with zero attached hydrogens (tertiary/aromatic N) is 4. The van der Waals surface area contributed by atoms with Crippen LogP contribution in [0.3, 0.4) is 0 Å². The predicted molar refractivity (Wildman–Crippen MR) is 107 cm³/mol. The van der Waals surface area contributed by atoms with E-state index in [1.54, 1.807) is 0 Å². The largest absolute Gasteiger partial charge is 0.573 e. The highest BCUT2D eigenvalue weighted by Crippen LogP contribution is 2.44. The Bertz CT molecular complexity index is 1270. The first-order chi connectivity index (χ1) is 16.9. The Morgan fingerprint density at radius 2 is 1.70 bits per heavy atom. The van der Waals surface area contributed by atoms with Gasteiger partial charge < -0.3 is 4.74 Å². The first kappa shape index (κ1) is 27.3. The van der Waals surface area contributed by atoms with Crippen LogP contribution >= 0.6 is 0 Å². The van der Waals surface area contributed by atoms with Crippen molar-refractivity contribution in [3.05, 3.63) is 58.4 Å². The van der Waals surface area contributed by atoms with E-state index in [1.807, 2.05) is 0 Å². The number of urea groups is 1. The fraction of sp³-hybridized carbons (Fsp3) is 0.300. The van der Waals surface area contributed by atoms with Crippen molar-refractivity contribution in [3.8, 4) is 5.75 Å². The molecule has 11 nitrogen and oxygen atoms in total. The lowest BCUT2D eigenvalue weighted by Gasteiger charge is -2.35. The summed E-state index contributed by atoms with van der Waals surface area (Å²) in [5.41, 5.74) is -4.11. The molecule has 0 spiro atoms. The molecule has 0 saturated carbocycles. The summed E-state index contributed by atoms with van der Waals surface area (Å²) in [4.78, 5) is 57.3. The van der Waals surface area contributed by atoms with E-state index in [0.29, 0.717) is 18.2 Å². The average Bonchev–Trinajstić information content (AvgIpc) is 2.90. The summed E-state index contributed by atoms with van der Waals surface area (Å²) in [6.45, 7) is 1.19. The molecule has 0 aliphatic carbocycles. The summed E-state index contributed by atoms with van der Waals surface area (Å²) >= 11 is 0. The van der Waals surface area contributed by atoms with Crippen LogP contribution in [0, 0.1) is 10.1 Å². The highest BCUT2D eigenvalue weighted by atomic mass is 19.4. The van der Waals surface area contributed by atoms with Gasteiger partial charge in [-0.05, 0) is 28.9 Å². The van der Waals surface area contributed by atoms with Crippen LogP contribution in [0.1, 0.15) is 19.4 Å². The maximum Gasteiger partial charge on any atom is 0.573 e. The normalized spacial score (nSPS) is 19.6. The second kappa shape index (κ2) is 8.99. The molecule has 1 aliphatic rings. The molecule has 1 saturated heterocycles. The van der Waals surface area contributed by atoms with E-state index in [0.717, 1.165) is 13.8 Å². The van der Waals surface area contributed by atoms with E-state index in [9.17, 15) is 50.8 Å². The highest BCUT2D eigenvalue weighted by molar-refractivity contribution is 6.19. The Labute approximate surface area is 202 Å². The molecule has 1 aromatic heterocycles. The van der Waals surface area contributed by atoms with Gasteiger partial charge in [-0.2, -0.15) is 18.1 Å². The number of anilines is 1. The van der Waals surface area contributed by atoms with Crippen molar-refractivity contribution in [1.29, 1.82) is 0 Å². The summed E-state index contributed by atoms with van der Waals surface area (Å²) in [6.07, 6.45) is -8.47. The van der Waals surface area contributed by atoms with Gasteiger partial charge in [0.1, 0.15) is 0 Å². The zero-order valence-electron chi connectivity index (χ0n) is 18.7. The van der Waals surface area contributed by atoms with Crippen molar-refractivity contribution in [2.45, 2.75) is 38.5 Å². The number of aromatic nitrogens is 1. The van der Waals surface area contributed by atoms with Crippen LogP contribution in [0.2, 0.25) is 0 Å². The second-order valence-electron chi connectivity index (χ2n) is 8.07. The molecular formula is C20H15F6N4O7+. The molecule has 0 N–H and O–H groups in total. The number of carbonyl (C=O) groups is 3. The van der Waals surface area contributed by atoms with Gasteiger partial charge in [0.15, 0.2) is 6.54 Å². The number of imide groups is 1. The lowest BCUT2D eigenvalue weighted by molar-refractivity contribution is -1.06. The molecule has 1 aliphatic heterocycles. The Kier molecular flexibility index (Phi) is 6.63. The standard InChI is InChI=1S/C20H15F6N4O7/c1-18(2)15(31)28(12-3-4-14(36-20(24,25)26)13(9-12)29(34)35)17(33)30(18,37-16(32)19(21,22)23)10-11-5-7-27-8-6-11/h3-9H,10H2,1-2H3/q+1. The van der Waals surface area contributed by atoms with E-state index >= 15 is 0 Å². The number of nitro groups is 1. The molecular weight excluding hydrogens is 522 g/mol. The first-order valence-corrected chi connectivity index (χ1v) is 9.92. The summed E-state index contributed by atoms with van der Waals surface area (Å²) < 4.78 is 79.0. The number of nitro benzene ring substituents is 1. The topological polar surface area (TPSA) is 129 Å². The van der Waals surface area contributed by atoms with Gasteiger partial charge >= 0.3 is 36.1 Å². The molecule has 1 aromatic carbocycles. The molecule has 1 fully saturated rings. The molecule has 198 valence electrons. The summed E-state index contributed by atoms with van der Waals surface area (Å²) in [7, 11) is 0. The van der Waals surface area contributed by atoms with E-state index in [2.05, 4.69) is 14.6 Å². The van der Waals surface area contributed by atoms with Gasteiger partial charge in [0, 0.05) is 37.9 Å². The van der Waals surface area contributed by atoms with Gasteiger partial charge in [-0.15, -0.1) is 13.2 Å². The van der Waals surface area contributed by atoms with E-state index < -0.39 is 69.2 Å². The maximum atomic E-state index is 13.6. The van der Waals surface area contributed by atoms with E-state index in [4.69, 9.17) is 0 Å². The van der Waals surface area contributed by atoms with Gasteiger partial charge in [0.25, 0.3) is 0 Å². The van der Waals surface area contributed by atoms with Crippen molar-refractivity contribution in [2.24, 2.45) is 0 Å². The van der Waals surface area contributed by atoms with Crippen LogP contribution in [0.5, 0.6) is 5.75 Å². The number of hydrogen-bond acceptors (Lipinski definition) is 8. The summed E-state index contributed by atoms with van der Waals surface area (Å²) in [5.74, 6) is -5.35. The van der Waals surface area contributed by atoms with Gasteiger partial charge in [0.2, 0.25) is 11.3 Å². The number of carbonyl (C=O) groups excluding carboxylic acids is 3. The van der Waals surface area contributed by atoms with Crippen LogP contribution in [0.25, 0.3) is 0 Å².